The molecule has 1 aliphatic rings. The Morgan fingerprint density at radius 3 is 2.83 bits per heavy atom. The van der Waals surface area contributed by atoms with Crippen LogP contribution in [-0.2, 0) is 16.4 Å². The maximum Gasteiger partial charge on any atom is 0.150 e. The first kappa shape index (κ1) is 14.0. The van der Waals surface area contributed by atoms with Gasteiger partial charge in [-0.2, -0.15) is 0 Å². The van der Waals surface area contributed by atoms with E-state index in [1.807, 2.05) is 0 Å². The quantitative estimate of drug-likeness (QED) is 0.925. The van der Waals surface area contributed by atoms with Crippen molar-refractivity contribution < 1.29 is 8.42 Å². The second-order valence-electron chi connectivity index (χ2n) is 5.22. The van der Waals surface area contributed by atoms with Crippen LogP contribution in [0.1, 0.15) is 36.1 Å². The van der Waals surface area contributed by atoms with E-state index in [0.717, 1.165) is 32.2 Å². The third kappa shape index (κ3) is 3.56. The van der Waals surface area contributed by atoms with Gasteiger partial charge < -0.3 is 5.32 Å². The standard InChI is InChI=1S/C13H21NO2S2/c1-10-6-7-17-13(10)9-14-11-4-3-5-12(8-11)18(2,15)16/h6-7,11-12,14H,3-5,8-9H2,1-2H3. The minimum Gasteiger partial charge on any atom is -0.309 e. The number of rotatable bonds is 4. The SMILES string of the molecule is Cc1ccsc1CNC1CCCC(S(C)(=O)=O)C1. The molecule has 0 aromatic carbocycles. The molecule has 1 aliphatic carbocycles. The Balaban J connectivity index is 1.89. The topological polar surface area (TPSA) is 46.2 Å². The zero-order valence-corrected chi connectivity index (χ0v) is 12.6. The molecule has 0 amide bonds. The summed E-state index contributed by atoms with van der Waals surface area (Å²) in [5.74, 6) is 0. The van der Waals surface area contributed by atoms with Crippen molar-refractivity contribution in [3.05, 3.63) is 21.9 Å². The zero-order valence-electron chi connectivity index (χ0n) is 11.0. The summed E-state index contributed by atoms with van der Waals surface area (Å²) < 4.78 is 23.2. The fraction of sp³-hybridized carbons (Fsp3) is 0.692. The first-order valence-electron chi connectivity index (χ1n) is 6.42. The first-order chi connectivity index (χ1) is 8.47. The van der Waals surface area contributed by atoms with Crippen molar-refractivity contribution in [1.82, 2.24) is 5.32 Å². The smallest absolute Gasteiger partial charge is 0.150 e. The van der Waals surface area contributed by atoms with E-state index < -0.39 is 9.84 Å². The van der Waals surface area contributed by atoms with Crippen LogP contribution in [0.5, 0.6) is 0 Å². The monoisotopic (exact) mass is 287 g/mol. The van der Waals surface area contributed by atoms with Crippen LogP contribution in [0.4, 0.5) is 0 Å². The molecule has 1 heterocycles. The maximum absolute atomic E-state index is 11.6. The van der Waals surface area contributed by atoms with Crippen molar-refractivity contribution >= 4 is 21.2 Å². The van der Waals surface area contributed by atoms with Gasteiger partial charge in [-0.05, 0) is 43.2 Å². The van der Waals surface area contributed by atoms with Crippen molar-refractivity contribution in [1.29, 1.82) is 0 Å². The minimum absolute atomic E-state index is 0.145. The summed E-state index contributed by atoms with van der Waals surface area (Å²) in [5.41, 5.74) is 1.32. The molecule has 3 nitrogen and oxygen atoms in total. The minimum atomic E-state index is -2.88. The lowest BCUT2D eigenvalue weighted by Gasteiger charge is -2.28. The van der Waals surface area contributed by atoms with Crippen LogP contribution in [0.15, 0.2) is 11.4 Å². The normalized spacial score (nSPS) is 25.2. The summed E-state index contributed by atoms with van der Waals surface area (Å²) in [5, 5.41) is 5.47. The molecule has 102 valence electrons. The van der Waals surface area contributed by atoms with E-state index in [-0.39, 0.29) is 5.25 Å². The van der Waals surface area contributed by atoms with E-state index in [2.05, 4.69) is 23.7 Å². The average Bonchev–Trinajstić information content (AvgIpc) is 2.72. The van der Waals surface area contributed by atoms with Gasteiger partial charge in [-0.25, -0.2) is 8.42 Å². The van der Waals surface area contributed by atoms with Crippen LogP contribution in [0.3, 0.4) is 0 Å². The molecule has 2 rings (SSSR count). The molecule has 1 N–H and O–H groups in total. The van der Waals surface area contributed by atoms with Gasteiger partial charge in [-0.1, -0.05) is 6.42 Å². The van der Waals surface area contributed by atoms with Gasteiger partial charge >= 0.3 is 0 Å². The molecule has 0 aliphatic heterocycles. The Labute approximate surface area is 114 Å². The van der Waals surface area contributed by atoms with Crippen LogP contribution in [0.25, 0.3) is 0 Å². The third-order valence-electron chi connectivity index (χ3n) is 3.75. The van der Waals surface area contributed by atoms with E-state index >= 15 is 0 Å². The molecule has 1 aromatic heterocycles. The van der Waals surface area contributed by atoms with E-state index in [4.69, 9.17) is 0 Å². The lowest BCUT2D eigenvalue weighted by molar-refractivity contribution is 0.371. The Kier molecular flexibility index (Phi) is 4.45. The molecular weight excluding hydrogens is 266 g/mol. The Morgan fingerprint density at radius 2 is 2.22 bits per heavy atom. The van der Waals surface area contributed by atoms with Gasteiger partial charge in [0.15, 0.2) is 0 Å². The van der Waals surface area contributed by atoms with Crippen LogP contribution in [0, 0.1) is 6.92 Å². The highest BCUT2D eigenvalue weighted by Crippen LogP contribution is 2.24. The van der Waals surface area contributed by atoms with E-state index in [1.54, 1.807) is 11.3 Å². The number of thiophene rings is 1. The number of aryl methyl sites for hydroxylation is 1. The van der Waals surface area contributed by atoms with E-state index in [0.29, 0.717) is 6.04 Å². The highest BCUT2D eigenvalue weighted by Gasteiger charge is 2.28. The first-order valence-corrected chi connectivity index (χ1v) is 9.25. The second-order valence-corrected chi connectivity index (χ2v) is 8.55. The van der Waals surface area contributed by atoms with Gasteiger partial charge in [0.25, 0.3) is 0 Å². The molecule has 2 atom stereocenters. The summed E-state index contributed by atoms with van der Waals surface area (Å²) in [4.78, 5) is 1.36. The third-order valence-corrected chi connectivity index (χ3v) is 6.41. The predicted molar refractivity (Wildman–Crippen MR) is 76.8 cm³/mol. The molecule has 0 bridgehead atoms. The summed E-state index contributed by atoms with van der Waals surface area (Å²) in [6.45, 7) is 2.98. The zero-order chi connectivity index (χ0) is 13.2. The largest absolute Gasteiger partial charge is 0.309 e. The van der Waals surface area contributed by atoms with Gasteiger partial charge in [0.05, 0.1) is 5.25 Å². The van der Waals surface area contributed by atoms with Crippen molar-refractivity contribution in [2.45, 2.75) is 50.4 Å². The molecule has 0 spiro atoms. The summed E-state index contributed by atoms with van der Waals surface area (Å²) >= 11 is 1.76. The van der Waals surface area contributed by atoms with Crippen LogP contribution in [0.2, 0.25) is 0 Å². The highest BCUT2D eigenvalue weighted by molar-refractivity contribution is 7.91. The van der Waals surface area contributed by atoms with Gasteiger partial charge in [-0.3, -0.25) is 0 Å². The van der Waals surface area contributed by atoms with Gasteiger partial charge in [0.2, 0.25) is 0 Å². The molecule has 0 saturated heterocycles. The molecule has 5 heteroatoms. The van der Waals surface area contributed by atoms with Gasteiger partial charge in [-0.15, -0.1) is 11.3 Å². The summed E-state index contributed by atoms with van der Waals surface area (Å²) in [6.07, 6.45) is 5.07. The van der Waals surface area contributed by atoms with Gasteiger partial charge in [0.1, 0.15) is 9.84 Å². The van der Waals surface area contributed by atoms with Crippen molar-refractivity contribution in [2.24, 2.45) is 0 Å². The van der Waals surface area contributed by atoms with Crippen molar-refractivity contribution in [3.8, 4) is 0 Å². The Morgan fingerprint density at radius 1 is 1.44 bits per heavy atom. The Hall–Kier alpha value is -0.390. The maximum atomic E-state index is 11.6. The molecular formula is C13H21NO2S2. The fourth-order valence-electron chi connectivity index (χ4n) is 2.54. The van der Waals surface area contributed by atoms with Crippen molar-refractivity contribution in [3.63, 3.8) is 0 Å². The van der Waals surface area contributed by atoms with E-state index in [9.17, 15) is 8.42 Å². The molecule has 1 saturated carbocycles. The van der Waals surface area contributed by atoms with Crippen LogP contribution < -0.4 is 5.32 Å². The number of hydrogen-bond donors (Lipinski definition) is 1. The Bertz CT molecular complexity index is 493. The summed E-state index contributed by atoms with van der Waals surface area (Å²) in [7, 11) is -2.88. The predicted octanol–water partition coefficient (Wildman–Crippen LogP) is 2.50. The number of sulfone groups is 1. The van der Waals surface area contributed by atoms with Crippen LogP contribution >= 0.6 is 11.3 Å². The van der Waals surface area contributed by atoms with Gasteiger partial charge in [0, 0.05) is 23.7 Å². The lowest BCUT2D eigenvalue weighted by atomic mass is 9.95. The number of nitrogens with one attached hydrogen (secondary N) is 1. The summed E-state index contributed by atoms with van der Waals surface area (Å²) in [6, 6.07) is 2.47. The highest BCUT2D eigenvalue weighted by atomic mass is 32.2. The van der Waals surface area contributed by atoms with Crippen LogP contribution in [-0.4, -0.2) is 26.0 Å². The average molecular weight is 287 g/mol. The lowest BCUT2D eigenvalue weighted by Crippen LogP contribution is -2.38. The second kappa shape index (κ2) is 5.72. The molecule has 1 aromatic rings. The molecule has 2 unspecified atom stereocenters. The molecule has 1 fully saturated rings. The molecule has 18 heavy (non-hydrogen) atoms. The molecule has 0 radical (unpaired) electrons. The fourth-order valence-corrected chi connectivity index (χ4v) is 4.58. The number of hydrogen-bond acceptors (Lipinski definition) is 4. The van der Waals surface area contributed by atoms with Crippen molar-refractivity contribution in [2.75, 3.05) is 6.26 Å². The van der Waals surface area contributed by atoms with E-state index in [1.165, 1.54) is 16.7 Å².